The van der Waals surface area contributed by atoms with Crippen molar-refractivity contribution < 1.29 is 9.66 Å². The number of nitrogens with two attached hydrogens (primary N) is 1. The van der Waals surface area contributed by atoms with Crippen molar-refractivity contribution in [1.29, 1.82) is 0 Å². The minimum Gasteiger partial charge on any atom is -0.393 e. The highest BCUT2D eigenvalue weighted by Crippen LogP contribution is 2.23. The monoisotopic (exact) mass is 279 g/mol. The van der Waals surface area contributed by atoms with Gasteiger partial charge in [-0.15, -0.1) is 0 Å². The van der Waals surface area contributed by atoms with Gasteiger partial charge in [0.2, 0.25) is 0 Å². The lowest BCUT2D eigenvalue weighted by Gasteiger charge is -2.27. The van der Waals surface area contributed by atoms with E-state index in [2.05, 4.69) is 4.90 Å². The quantitative estimate of drug-likeness (QED) is 0.506. The number of nitrogen functional groups attached to an aromatic ring is 1. The highest BCUT2D eigenvalue weighted by Gasteiger charge is 2.17. The zero-order valence-corrected chi connectivity index (χ0v) is 11.7. The molecule has 1 fully saturated rings. The minimum atomic E-state index is -0.437. The Morgan fingerprint density at radius 1 is 1.55 bits per heavy atom. The molecule has 1 saturated heterocycles. The van der Waals surface area contributed by atoms with Gasteiger partial charge in [0.15, 0.2) is 0 Å². The second-order valence-electron chi connectivity index (χ2n) is 5.43. The fourth-order valence-corrected chi connectivity index (χ4v) is 2.61. The molecule has 110 valence electrons. The molecule has 6 nitrogen and oxygen atoms in total. The predicted molar refractivity (Wildman–Crippen MR) is 77.4 cm³/mol. The van der Waals surface area contributed by atoms with Gasteiger partial charge in [0.1, 0.15) is 5.69 Å². The molecule has 1 unspecified atom stereocenters. The van der Waals surface area contributed by atoms with E-state index in [1.165, 1.54) is 6.42 Å². The predicted octanol–water partition coefficient (Wildman–Crippen LogP) is 2.04. The van der Waals surface area contributed by atoms with Gasteiger partial charge in [0.05, 0.1) is 11.5 Å². The highest BCUT2D eigenvalue weighted by atomic mass is 16.6. The maximum Gasteiger partial charge on any atom is 0.292 e. The lowest BCUT2D eigenvalue weighted by molar-refractivity contribution is -0.384. The molecule has 1 aromatic carbocycles. The van der Waals surface area contributed by atoms with Crippen LogP contribution in [0.1, 0.15) is 18.4 Å². The Bertz CT molecular complexity index is 473. The Labute approximate surface area is 118 Å². The number of hydrogen-bond donors (Lipinski definition) is 1. The van der Waals surface area contributed by atoms with E-state index in [0.29, 0.717) is 12.5 Å². The van der Waals surface area contributed by atoms with Crippen LogP contribution >= 0.6 is 0 Å². The molecule has 1 aliphatic rings. The number of ether oxygens (including phenoxy) is 1. The molecule has 0 bridgehead atoms. The van der Waals surface area contributed by atoms with Crippen LogP contribution in [0.4, 0.5) is 11.4 Å². The van der Waals surface area contributed by atoms with E-state index in [1.807, 2.05) is 13.1 Å². The van der Waals surface area contributed by atoms with Crippen LogP contribution < -0.4 is 5.73 Å². The first kappa shape index (κ1) is 14.7. The van der Waals surface area contributed by atoms with Crippen LogP contribution in [0.3, 0.4) is 0 Å². The lowest BCUT2D eigenvalue weighted by atomic mass is 10.0. The molecule has 20 heavy (non-hydrogen) atoms. The van der Waals surface area contributed by atoms with E-state index in [0.717, 1.165) is 31.7 Å². The van der Waals surface area contributed by atoms with Crippen LogP contribution in [0.15, 0.2) is 18.2 Å². The topological polar surface area (TPSA) is 81.6 Å². The van der Waals surface area contributed by atoms with Gasteiger partial charge in [-0.25, -0.2) is 0 Å². The Morgan fingerprint density at radius 3 is 3.00 bits per heavy atom. The molecule has 6 heteroatoms. The van der Waals surface area contributed by atoms with E-state index < -0.39 is 4.92 Å². The summed E-state index contributed by atoms with van der Waals surface area (Å²) in [5, 5.41) is 10.9. The van der Waals surface area contributed by atoms with Gasteiger partial charge in [-0.05, 0) is 37.4 Å². The first-order valence-corrected chi connectivity index (χ1v) is 6.85. The van der Waals surface area contributed by atoms with E-state index in [4.69, 9.17) is 10.5 Å². The number of nitro groups is 1. The molecule has 0 spiro atoms. The number of rotatable bonds is 5. The number of nitro benzene ring substituents is 1. The van der Waals surface area contributed by atoms with Gasteiger partial charge >= 0.3 is 0 Å². The SMILES string of the molecule is CN(Cc1ccc(N)c([N+](=O)[O-])c1)CC1CCCOC1. The third-order valence-electron chi connectivity index (χ3n) is 3.57. The average Bonchev–Trinajstić information content (AvgIpc) is 2.41. The average molecular weight is 279 g/mol. The van der Waals surface area contributed by atoms with Crippen molar-refractivity contribution in [3.05, 3.63) is 33.9 Å². The molecule has 1 aromatic rings. The van der Waals surface area contributed by atoms with Crippen LogP contribution in [0, 0.1) is 16.0 Å². The molecule has 1 aliphatic heterocycles. The van der Waals surface area contributed by atoms with Crippen molar-refractivity contribution in [2.75, 3.05) is 32.5 Å². The van der Waals surface area contributed by atoms with Crippen LogP contribution in [-0.2, 0) is 11.3 Å². The van der Waals surface area contributed by atoms with E-state index >= 15 is 0 Å². The van der Waals surface area contributed by atoms with Crippen molar-refractivity contribution in [2.45, 2.75) is 19.4 Å². The molecule has 0 saturated carbocycles. The molecule has 1 atom stereocenters. The number of nitrogens with zero attached hydrogens (tertiary/aromatic N) is 2. The van der Waals surface area contributed by atoms with Crippen molar-refractivity contribution in [2.24, 2.45) is 5.92 Å². The summed E-state index contributed by atoms with van der Waals surface area (Å²) in [4.78, 5) is 12.6. The van der Waals surface area contributed by atoms with Gasteiger partial charge in [-0.2, -0.15) is 0 Å². The molecule has 0 aliphatic carbocycles. The summed E-state index contributed by atoms with van der Waals surface area (Å²) in [6.07, 6.45) is 2.30. The Balaban J connectivity index is 1.95. The summed E-state index contributed by atoms with van der Waals surface area (Å²) < 4.78 is 5.47. The third-order valence-corrected chi connectivity index (χ3v) is 3.57. The summed E-state index contributed by atoms with van der Waals surface area (Å²) >= 11 is 0. The largest absolute Gasteiger partial charge is 0.393 e. The maximum absolute atomic E-state index is 10.9. The number of benzene rings is 1. The summed E-state index contributed by atoms with van der Waals surface area (Å²) in [5.41, 5.74) is 6.70. The van der Waals surface area contributed by atoms with Gasteiger partial charge < -0.3 is 15.4 Å². The van der Waals surface area contributed by atoms with Crippen molar-refractivity contribution in [1.82, 2.24) is 4.90 Å². The van der Waals surface area contributed by atoms with Crippen molar-refractivity contribution in [3.63, 3.8) is 0 Å². The van der Waals surface area contributed by atoms with Crippen LogP contribution in [0.2, 0.25) is 0 Å². The lowest BCUT2D eigenvalue weighted by Crippen LogP contribution is -2.30. The van der Waals surface area contributed by atoms with Gasteiger partial charge in [0, 0.05) is 25.8 Å². The molecule has 2 N–H and O–H groups in total. The van der Waals surface area contributed by atoms with E-state index in [1.54, 1.807) is 12.1 Å². The van der Waals surface area contributed by atoms with Crippen molar-refractivity contribution in [3.8, 4) is 0 Å². The second-order valence-corrected chi connectivity index (χ2v) is 5.43. The first-order valence-electron chi connectivity index (χ1n) is 6.85. The Morgan fingerprint density at radius 2 is 2.35 bits per heavy atom. The fourth-order valence-electron chi connectivity index (χ4n) is 2.61. The van der Waals surface area contributed by atoms with E-state index in [-0.39, 0.29) is 11.4 Å². The summed E-state index contributed by atoms with van der Waals surface area (Å²) in [6, 6.07) is 5.00. The van der Waals surface area contributed by atoms with Crippen molar-refractivity contribution >= 4 is 11.4 Å². The summed E-state index contributed by atoms with van der Waals surface area (Å²) in [5.74, 6) is 0.553. The molecule has 2 rings (SSSR count). The molecule has 0 amide bonds. The number of hydrogen-bond acceptors (Lipinski definition) is 5. The Kier molecular flexibility index (Phi) is 4.92. The second kappa shape index (κ2) is 6.67. The number of anilines is 1. The van der Waals surface area contributed by atoms with Crippen LogP contribution in [0.25, 0.3) is 0 Å². The normalized spacial score (nSPS) is 19.2. The highest BCUT2D eigenvalue weighted by molar-refractivity contribution is 5.59. The summed E-state index contributed by atoms with van der Waals surface area (Å²) in [7, 11) is 2.02. The molecule has 1 heterocycles. The van der Waals surface area contributed by atoms with Gasteiger partial charge in [-0.1, -0.05) is 6.07 Å². The van der Waals surface area contributed by atoms with Gasteiger partial charge in [-0.3, -0.25) is 10.1 Å². The molecule has 0 radical (unpaired) electrons. The molecular weight excluding hydrogens is 258 g/mol. The maximum atomic E-state index is 10.9. The smallest absolute Gasteiger partial charge is 0.292 e. The van der Waals surface area contributed by atoms with Crippen LogP contribution in [-0.4, -0.2) is 36.6 Å². The fraction of sp³-hybridized carbons (Fsp3) is 0.571. The molecule has 0 aromatic heterocycles. The van der Waals surface area contributed by atoms with Gasteiger partial charge in [0.25, 0.3) is 5.69 Å². The van der Waals surface area contributed by atoms with E-state index in [9.17, 15) is 10.1 Å². The van der Waals surface area contributed by atoms with Crippen LogP contribution in [0.5, 0.6) is 0 Å². The first-order chi connectivity index (χ1) is 9.56. The minimum absolute atomic E-state index is 0.0168. The molecular formula is C14H21N3O3. The summed E-state index contributed by atoms with van der Waals surface area (Å²) in [6.45, 7) is 3.30. The third kappa shape index (κ3) is 3.91. The standard InChI is InChI=1S/C14H21N3O3/c1-16(9-12-3-2-6-20-10-12)8-11-4-5-13(15)14(7-11)17(18)19/h4-5,7,12H,2-3,6,8-10,15H2,1H3. The Hall–Kier alpha value is -1.66. The zero-order chi connectivity index (χ0) is 14.5. The zero-order valence-electron chi connectivity index (χ0n) is 11.7.